The molecule has 1 fully saturated rings. The van der Waals surface area contributed by atoms with Crippen LogP contribution >= 0.6 is 0 Å². The van der Waals surface area contributed by atoms with Crippen LogP contribution in [0.3, 0.4) is 0 Å². The number of hydrogen-bond acceptors (Lipinski definition) is 2. The summed E-state index contributed by atoms with van der Waals surface area (Å²) in [6.07, 6.45) is 1.53. The molecule has 3 heteroatoms. The van der Waals surface area contributed by atoms with Gasteiger partial charge in [-0.15, -0.1) is 0 Å². The molecule has 1 amide bonds. The molecule has 0 spiro atoms. The van der Waals surface area contributed by atoms with Crippen LogP contribution in [0.4, 0.5) is 0 Å². The molecular weight excluding hydrogens is 262 g/mol. The molecule has 1 N–H and O–H groups in total. The number of carbonyl (C=O) groups excluding carboxylic acids is 1. The molecule has 1 aliphatic heterocycles. The summed E-state index contributed by atoms with van der Waals surface area (Å²) in [6, 6.07) is 5.66. The molecule has 0 unspecified atom stereocenters. The zero-order valence-electron chi connectivity index (χ0n) is 13.1. The Hall–Kier alpha value is -1.79. The van der Waals surface area contributed by atoms with Crippen LogP contribution in [0.25, 0.3) is 0 Å². The second-order valence-corrected chi connectivity index (χ2v) is 6.45. The summed E-state index contributed by atoms with van der Waals surface area (Å²) < 4.78 is 0. The van der Waals surface area contributed by atoms with Gasteiger partial charge in [0, 0.05) is 30.6 Å². The standard InChI is InChI=1S/C18H23NO2/c1-14-12-16(8-7-15(14)6-4-5-11-20)17(21)19-10-9-18(2,3)13-19/h7-8,12,20H,5,9-11,13H2,1-3H3. The highest BCUT2D eigenvalue weighted by molar-refractivity contribution is 5.94. The molecule has 0 atom stereocenters. The Morgan fingerprint density at radius 1 is 1.43 bits per heavy atom. The first-order chi connectivity index (χ1) is 9.93. The maximum absolute atomic E-state index is 12.5. The highest BCUT2D eigenvalue weighted by atomic mass is 16.2. The van der Waals surface area contributed by atoms with Crippen molar-refractivity contribution in [2.45, 2.75) is 33.6 Å². The van der Waals surface area contributed by atoms with E-state index in [1.165, 1.54) is 0 Å². The zero-order chi connectivity index (χ0) is 15.5. The SMILES string of the molecule is Cc1cc(C(=O)N2CCC(C)(C)C2)ccc1C#CCCO. The van der Waals surface area contributed by atoms with Crippen LogP contribution in [-0.4, -0.2) is 35.6 Å². The third-order valence-electron chi connectivity index (χ3n) is 3.90. The molecule has 2 rings (SSSR count). The Kier molecular flexibility index (Phi) is 4.69. The fraction of sp³-hybridized carbons (Fsp3) is 0.500. The van der Waals surface area contributed by atoms with Gasteiger partial charge in [0.05, 0.1) is 6.61 Å². The van der Waals surface area contributed by atoms with Gasteiger partial charge >= 0.3 is 0 Å². The summed E-state index contributed by atoms with van der Waals surface area (Å²) in [7, 11) is 0. The summed E-state index contributed by atoms with van der Waals surface area (Å²) in [6.45, 7) is 8.10. The van der Waals surface area contributed by atoms with Crippen molar-refractivity contribution in [2.75, 3.05) is 19.7 Å². The molecule has 1 aliphatic rings. The van der Waals surface area contributed by atoms with E-state index in [0.29, 0.717) is 6.42 Å². The number of nitrogens with zero attached hydrogens (tertiary/aromatic N) is 1. The molecule has 1 aromatic rings. The van der Waals surface area contributed by atoms with E-state index in [1.54, 1.807) is 0 Å². The Balaban J connectivity index is 2.13. The maximum atomic E-state index is 12.5. The molecular formula is C18H23NO2. The van der Waals surface area contributed by atoms with Crippen molar-refractivity contribution in [3.63, 3.8) is 0 Å². The zero-order valence-corrected chi connectivity index (χ0v) is 13.1. The Morgan fingerprint density at radius 3 is 2.76 bits per heavy atom. The maximum Gasteiger partial charge on any atom is 0.253 e. The Morgan fingerprint density at radius 2 is 2.19 bits per heavy atom. The van der Waals surface area contributed by atoms with E-state index in [2.05, 4.69) is 25.7 Å². The molecule has 1 heterocycles. The summed E-state index contributed by atoms with van der Waals surface area (Å²) in [5.41, 5.74) is 2.88. The van der Waals surface area contributed by atoms with Crippen LogP contribution in [0.15, 0.2) is 18.2 Å². The van der Waals surface area contributed by atoms with Gasteiger partial charge in [-0.1, -0.05) is 25.7 Å². The molecule has 0 aliphatic carbocycles. The number of carbonyl (C=O) groups is 1. The van der Waals surface area contributed by atoms with Crippen LogP contribution in [0.1, 0.15) is 48.2 Å². The largest absolute Gasteiger partial charge is 0.395 e. The average molecular weight is 285 g/mol. The van der Waals surface area contributed by atoms with E-state index in [-0.39, 0.29) is 17.9 Å². The lowest BCUT2D eigenvalue weighted by Gasteiger charge is -2.20. The van der Waals surface area contributed by atoms with Gasteiger partial charge in [-0.25, -0.2) is 0 Å². The topological polar surface area (TPSA) is 40.5 Å². The highest BCUT2D eigenvalue weighted by Gasteiger charge is 2.32. The molecule has 0 saturated carbocycles. The number of amides is 1. The van der Waals surface area contributed by atoms with Crippen molar-refractivity contribution in [3.05, 3.63) is 34.9 Å². The van der Waals surface area contributed by atoms with Gasteiger partial charge in [0.1, 0.15) is 0 Å². The van der Waals surface area contributed by atoms with Crippen LogP contribution in [-0.2, 0) is 0 Å². The van der Waals surface area contributed by atoms with Crippen molar-refractivity contribution in [1.29, 1.82) is 0 Å². The normalized spacial score (nSPS) is 16.5. The van der Waals surface area contributed by atoms with Crippen LogP contribution in [0.2, 0.25) is 0 Å². The van der Waals surface area contributed by atoms with E-state index in [0.717, 1.165) is 36.2 Å². The average Bonchev–Trinajstić information content (AvgIpc) is 2.80. The molecule has 112 valence electrons. The van der Waals surface area contributed by atoms with Crippen molar-refractivity contribution in [1.82, 2.24) is 4.90 Å². The molecule has 0 radical (unpaired) electrons. The summed E-state index contributed by atoms with van der Waals surface area (Å²) in [5.74, 6) is 6.05. The number of aliphatic hydroxyl groups is 1. The summed E-state index contributed by atoms with van der Waals surface area (Å²) in [4.78, 5) is 14.5. The molecule has 3 nitrogen and oxygen atoms in total. The minimum Gasteiger partial charge on any atom is -0.395 e. The predicted molar refractivity (Wildman–Crippen MR) is 84.1 cm³/mol. The number of likely N-dealkylation sites (tertiary alicyclic amines) is 1. The lowest BCUT2D eigenvalue weighted by atomic mass is 9.93. The van der Waals surface area contributed by atoms with Gasteiger partial charge in [-0.05, 0) is 42.5 Å². The molecule has 0 aromatic heterocycles. The van der Waals surface area contributed by atoms with Gasteiger partial charge in [-0.2, -0.15) is 0 Å². The second kappa shape index (κ2) is 6.32. The number of benzene rings is 1. The van der Waals surface area contributed by atoms with Crippen molar-refractivity contribution in [2.24, 2.45) is 5.41 Å². The number of rotatable bonds is 2. The summed E-state index contributed by atoms with van der Waals surface area (Å²) in [5, 5.41) is 8.74. The van der Waals surface area contributed by atoms with E-state index in [4.69, 9.17) is 5.11 Å². The van der Waals surface area contributed by atoms with E-state index in [1.807, 2.05) is 30.0 Å². The number of aliphatic hydroxyl groups excluding tert-OH is 1. The summed E-state index contributed by atoms with van der Waals surface area (Å²) >= 11 is 0. The molecule has 0 bridgehead atoms. The minimum absolute atomic E-state index is 0.0767. The van der Waals surface area contributed by atoms with Crippen molar-refractivity contribution >= 4 is 5.91 Å². The first kappa shape index (κ1) is 15.6. The van der Waals surface area contributed by atoms with Crippen LogP contribution in [0.5, 0.6) is 0 Å². The molecule has 1 aromatic carbocycles. The van der Waals surface area contributed by atoms with Crippen molar-refractivity contribution < 1.29 is 9.90 Å². The van der Waals surface area contributed by atoms with Gasteiger partial charge in [0.2, 0.25) is 0 Å². The van der Waals surface area contributed by atoms with Crippen LogP contribution in [0, 0.1) is 24.2 Å². The number of aryl methyl sites for hydroxylation is 1. The Labute approximate surface area is 127 Å². The van der Waals surface area contributed by atoms with E-state index >= 15 is 0 Å². The minimum atomic E-state index is 0.0767. The van der Waals surface area contributed by atoms with Crippen molar-refractivity contribution in [3.8, 4) is 11.8 Å². The first-order valence-electron chi connectivity index (χ1n) is 7.43. The second-order valence-electron chi connectivity index (χ2n) is 6.45. The van der Waals surface area contributed by atoms with Gasteiger partial charge in [0.15, 0.2) is 0 Å². The van der Waals surface area contributed by atoms with E-state index in [9.17, 15) is 4.79 Å². The molecule has 1 saturated heterocycles. The highest BCUT2D eigenvalue weighted by Crippen LogP contribution is 2.29. The van der Waals surface area contributed by atoms with Gasteiger partial charge < -0.3 is 10.0 Å². The third-order valence-corrected chi connectivity index (χ3v) is 3.90. The monoisotopic (exact) mass is 285 g/mol. The lowest BCUT2D eigenvalue weighted by molar-refractivity contribution is 0.0778. The number of hydrogen-bond donors (Lipinski definition) is 1. The quantitative estimate of drug-likeness (QED) is 0.849. The van der Waals surface area contributed by atoms with Crippen LogP contribution < -0.4 is 0 Å². The van der Waals surface area contributed by atoms with Gasteiger partial charge in [0.25, 0.3) is 5.91 Å². The fourth-order valence-corrected chi connectivity index (χ4v) is 2.62. The predicted octanol–water partition coefficient (Wildman–Crippen LogP) is 2.60. The third kappa shape index (κ3) is 3.86. The first-order valence-corrected chi connectivity index (χ1v) is 7.43. The molecule has 21 heavy (non-hydrogen) atoms. The lowest BCUT2D eigenvalue weighted by Crippen LogP contribution is -2.30. The van der Waals surface area contributed by atoms with E-state index < -0.39 is 0 Å². The van der Waals surface area contributed by atoms with Gasteiger partial charge in [-0.3, -0.25) is 4.79 Å². The fourth-order valence-electron chi connectivity index (χ4n) is 2.62. The smallest absolute Gasteiger partial charge is 0.253 e. The Bertz CT molecular complexity index is 593.